The van der Waals surface area contributed by atoms with Crippen molar-refractivity contribution in [1.29, 1.82) is 0 Å². The van der Waals surface area contributed by atoms with Gasteiger partial charge in [-0.3, -0.25) is 72.1 Å². The lowest BCUT2D eigenvalue weighted by atomic mass is 9.97. The van der Waals surface area contributed by atoms with Gasteiger partial charge in [0, 0.05) is 38.1 Å². The van der Waals surface area contributed by atoms with Crippen LogP contribution in [0.3, 0.4) is 0 Å². The number of phenols is 2. The van der Waals surface area contributed by atoms with Crippen molar-refractivity contribution in [2.24, 2.45) is 28.1 Å². The van der Waals surface area contributed by atoms with E-state index in [1.165, 1.54) is 53.4 Å². The van der Waals surface area contributed by atoms with Gasteiger partial charge in [-0.2, -0.15) is 12.6 Å². The molecule has 0 aromatic heterocycles. The standard InChI is InChI=1S/C59H86N16O21S/c1-4-29(2)48(74-52(89)37(21-31-9-13-33(77)14-10-31)68-43(79)25-65-55(92)42-8-6-20-75(42)57(94)35(60)17-18-46(82)83)56(93)66-26-45(81)70-40(27-76)53(90)71-36(7-5-19-63-59(61)62)50(87)73-41(28-97)54(91)72-38(23-47(84)85)51(88)67-30(3)49(86)64-24-44(80)69-39(58(95)96)22-32-11-15-34(78)16-12-32/h9-16,29-30,35-42,48,76-78,97H,4-8,17-28,60H2,1-3H3,(H,64,86)(H,65,92)(H,66,93)(H,67,88)(H,68,79)(H,69,80)(H,70,81)(H,71,90)(H,72,91)(H,73,87)(H,74,89)(H,82,83)(H,84,85)(H,95,96)(H4,61,62,63)/t29-,30-,35-,36-,37-,38-,39-,40-,41-,42-,48-/m0/s1. The van der Waals surface area contributed by atoms with Gasteiger partial charge in [-0.15, -0.1) is 0 Å². The van der Waals surface area contributed by atoms with Crippen molar-refractivity contribution in [2.45, 2.75) is 145 Å². The van der Waals surface area contributed by atoms with E-state index in [2.05, 4.69) is 76.1 Å². The Labute approximate surface area is 561 Å². The number of guanidine groups is 1. The summed E-state index contributed by atoms with van der Waals surface area (Å²) in [6.45, 7) is 1.05. The summed E-state index contributed by atoms with van der Waals surface area (Å²) in [5.41, 5.74) is 17.7. The molecule has 0 saturated carbocycles. The summed E-state index contributed by atoms with van der Waals surface area (Å²) < 4.78 is 0. The zero-order valence-corrected chi connectivity index (χ0v) is 54.3. The molecule has 0 radical (unpaired) electrons. The number of aromatic hydroxyl groups is 2. The van der Waals surface area contributed by atoms with E-state index in [0.717, 1.165) is 6.92 Å². The number of nitrogens with one attached hydrogen (secondary N) is 11. The minimum Gasteiger partial charge on any atom is -0.508 e. The molecule has 534 valence electrons. The quantitative estimate of drug-likeness (QED) is 0.0127. The topological polar surface area (TPSA) is 603 Å². The van der Waals surface area contributed by atoms with Crippen molar-refractivity contribution in [2.75, 3.05) is 45.1 Å². The minimum absolute atomic E-state index is 0.0199. The molecule has 11 atom stereocenters. The highest BCUT2D eigenvalue weighted by Crippen LogP contribution is 2.20. The number of phenolic OH excluding ortho intramolecular Hbond substituents is 2. The Bertz CT molecular complexity index is 3160. The summed E-state index contributed by atoms with van der Waals surface area (Å²) in [5, 5.41) is 83.5. The number of hydrogen-bond donors (Lipinski definition) is 21. The fourth-order valence-corrected chi connectivity index (χ4v) is 9.64. The van der Waals surface area contributed by atoms with Gasteiger partial charge in [0.1, 0.15) is 65.9 Å². The fraction of sp³-hybridized carbons (Fsp3) is 0.525. The summed E-state index contributed by atoms with van der Waals surface area (Å²) in [7, 11) is 0. The minimum atomic E-state index is -1.92. The molecule has 1 saturated heterocycles. The number of rotatable bonds is 41. The lowest BCUT2D eigenvalue weighted by Crippen LogP contribution is -2.60. The average Bonchev–Trinajstić information content (AvgIpc) is 1.79. The largest absolute Gasteiger partial charge is 0.508 e. The van der Waals surface area contributed by atoms with Crippen molar-refractivity contribution in [1.82, 2.24) is 63.4 Å². The predicted molar refractivity (Wildman–Crippen MR) is 344 cm³/mol. The normalized spacial score (nSPS) is 15.5. The number of carboxylic acids is 3. The van der Waals surface area contributed by atoms with E-state index in [9.17, 15) is 97.5 Å². The van der Waals surface area contributed by atoms with Crippen LogP contribution in [0.15, 0.2) is 53.5 Å². The zero-order chi connectivity index (χ0) is 72.6. The molecule has 0 bridgehead atoms. The van der Waals surface area contributed by atoms with E-state index in [4.69, 9.17) is 22.3 Å². The van der Waals surface area contributed by atoms with Gasteiger partial charge in [0.05, 0.1) is 38.7 Å². The van der Waals surface area contributed by atoms with Crippen LogP contribution >= 0.6 is 12.6 Å². The number of nitrogens with two attached hydrogens (primary N) is 3. The lowest BCUT2D eigenvalue weighted by Gasteiger charge is -2.27. The molecule has 0 aliphatic carbocycles. The maximum absolute atomic E-state index is 14.1. The Kier molecular flexibility index (Phi) is 34.0. The molecule has 2 aromatic rings. The number of thiol groups is 1. The summed E-state index contributed by atoms with van der Waals surface area (Å²) in [5.74, 6) is -17.6. The van der Waals surface area contributed by atoms with Crippen LogP contribution in [0.5, 0.6) is 11.5 Å². The first kappa shape index (κ1) is 80.9. The van der Waals surface area contributed by atoms with Gasteiger partial charge in [0.25, 0.3) is 0 Å². The molecule has 1 heterocycles. The second-order valence-corrected chi connectivity index (χ2v) is 22.9. The molecular weight excluding hydrogens is 1300 g/mol. The molecule has 2 aromatic carbocycles. The molecule has 3 rings (SSSR count). The number of benzene rings is 2. The van der Waals surface area contributed by atoms with Crippen molar-refractivity contribution >= 4 is 107 Å². The van der Waals surface area contributed by atoms with Crippen LogP contribution in [0.25, 0.3) is 0 Å². The van der Waals surface area contributed by atoms with Crippen molar-refractivity contribution in [3.05, 3.63) is 59.7 Å². The number of aliphatic hydroxyl groups is 1. The van der Waals surface area contributed by atoms with Crippen molar-refractivity contribution in [3.8, 4) is 11.5 Å². The molecule has 12 amide bonds. The molecule has 23 N–H and O–H groups in total. The Hall–Kier alpha value is -10.4. The maximum atomic E-state index is 14.1. The number of nitrogens with zero attached hydrogens (tertiary/aromatic N) is 2. The number of likely N-dealkylation sites (tertiary alicyclic amines) is 1. The number of aliphatic carboxylic acids is 3. The Morgan fingerprint density at radius 1 is 0.588 bits per heavy atom. The SMILES string of the molecule is CC[C@H](C)[C@H](NC(=O)[C@H](Cc1ccc(O)cc1)NC(=O)CNC(=O)[C@@H]1CCCN1C(=O)[C@@H](N)CCC(=O)O)C(=O)NCC(=O)N[C@@H](CO)C(=O)N[C@@H](CCCN=C(N)N)C(=O)N[C@@H](CS)C(=O)N[C@@H](CC(=O)O)C(=O)N[C@@H](C)C(=O)NCC(=O)N[C@@H](Cc1ccc(O)cc1)C(=O)O. The van der Waals surface area contributed by atoms with Gasteiger partial charge in [0.15, 0.2) is 5.96 Å². The molecule has 0 spiro atoms. The Balaban J connectivity index is 1.68. The molecule has 1 aliphatic heterocycles. The van der Waals surface area contributed by atoms with Crippen LogP contribution in [0.4, 0.5) is 0 Å². The van der Waals surface area contributed by atoms with Gasteiger partial charge in [-0.05, 0) is 80.3 Å². The second kappa shape index (κ2) is 40.8. The average molecular weight is 1390 g/mol. The highest BCUT2D eigenvalue weighted by molar-refractivity contribution is 7.80. The van der Waals surface area contributed by atoms with E-state index in [1.807, 2.05) is 0 Å². The number of hydrogen-bond acceptors (Lipinski definition) is 21. The van der Waals surface area contributed by atoms with E-state index < -0.39 is 194 Å². The predicted octanol–water partition coefficient (Wildman–Crippen LogP) is -7.11. The van der Waals surface area contributed by atoms with Gasteiger partial charge in [-0.25, -0.2) is 4.79 Å². The van der Waals surface area contributed by atoms with Crippen LogP contribution in [-0.2, 0) is 84.8 Å². The van der Waals surface area contributed by atoms with Gasteiger partial charge >= 0.3 is 17.9 Å². The highest BCUT2D eigenvalue weighted by Gasteiger charge is 2.38. The maximum Gasteiger partial charge on any atom is 0.326 e. The lowest BCUT2D eigenvalue weighted by molar-refractivity contribution is -0.142. The van der Waals surface area contributed by atoms with Crippen molar-refractivity contribution < 1.29 is 103 Å². The Morgan fingerprint density at radius 2 is 1.07 bits per heavy atom. The smallest absolute Gasteiger partial charge is 0.326 e. The van der Waals surface area contributed by atoms with Crippen LogP contribution in [-0.4, -0.2) is 236 Å². The molecular formula is C59H86N16O21S. The number of carboxylic acid groups (broad SMARTS) is 3. The first-order valence-corrected chi connectivity index (χ1v) is 31.2. The van der Waals surface area contributed by atoms with Crippen LogP contribution in [0.1, 0.15) is 83.3 Å². The highest BCUT2D eigenvalue weighted by atomic mass is 32.1. The first-order chi connectivity index (χ1) is 45.8. The number of amides is 12. The third kappa shape index (κ3) is 28.6. The Morgan fingerprint density at radius 3 is 1.60 bits per heavy atom. The van der Waals surface area contributed by atoms with Crippen LogP contribution in [0, 0.1) is 5.92 Å². The van der Waals surface area contributed by atoms with E-state index in [-0.39, 0.29) is 81.9 Å². The molecule has 37 nitrogen and oxygen atoms in total. The molecule has 0 unspecified atom stereocenters. The van der Waals surface area contributed by atoms with Gasteiger partial charge < -0.3 is 111 Å². The second-order valence-electron chi connectivity index (χ2n) is 22.5. The van der Waals surface area contributed by atoms with Crippen LogP contribution in [0.2, 0.25) is 0 Å². The van der Waals surface area contributed by atoms with Gasteiger partial charge in [-0.1, -0.05) is 44.5 Å². The van der Waals surface area contributed by atoms with Crippen LogP contribution < -0.4 is 75.7 Å². The fourth-order valence-electron chi connectivity index (χ4n) is 9.38. The molecule has 97 heavy (non-hydrogen) atoms. The van der Waals surface area contributed by atoms with E-state index in [0.29, 0.717) is 17.5 Å². The number of carbonyl (C=O) groups is 15. The van der Waals surface area contributed by atoms with Gasteiger partial charge in [0.2, 0.25) is 70.9 Å². The molecule has 1 fully saturated rings. The summed E-state index contributed by atoms with van der Waals surface area (Å²) >= 11 is 4.11. The molecule has 1 aliphatic rings. The number of aliphatic imine (C=N–C) groups is 1. The summed E-state index contributed by atoms with van der Waals surface area (Å²) in [6.07, 6.45) is -1.41. The first-order valence-electron chi connectivity index (χ1n) is 30.6. The summed E-state index contributed by atoms with van der Waals surface area (Å²) in [4.78, 5) is 201. The van der Waals surface area contributed by atoms with E-state index in [1.54, 1.807) is 13.8 Å². The van der Waals surface area contributed by atoms with E-state index >= 15 is 0 Å². The zero-order valence-electron chi connectivity index (χ0n) is 53.4. The summed E-state index contributed by atoms with van der Waals surface area (Å²) in [6, 6.07) is -3.92. The monoisotopic (exact) mass is 1390 g/mol. The molecule has 38 heteroatoms. The third-order valence-electron chi connectivity index (χ3n) is 14.9. The third-order valence-corrected chi connectivity index (χ3v) is 15.3. The number of aliphatic hydroxyl groups excluding tert-OH is 1. The van der Waals surface area contributed by atoms with Crippen molar-refractivity contribution in [3.63, 3.8) is 0 Å². The number of carbonyl (C=O) groups excluding carboxylic acids is 12.